The Morgan fingerprint density at radius 3 is 2.88 bits per heavy atom. The number of benzene rings is 1. The summed E-state index contributed by atoms with van der Waals surface area (Å²) in [4.78, 5) is 21.3. The largest absolute Gasteiger partial charge is 0.328 e. The van der Waals surface area contributed by atoms with Gasteiger partial charge in [0.05, 0.1) is 17.5 Å². The lowest BCUT2D eigenvalue weighted by molar-refractivity contribution is -0.113. The van der Waals surface area contributed by atoms with Crippen LogP contribution in [0.2, 0.25) is 5.02 Å². The lowest BCUT2D eigenvalue weighted by Crippen LogP contribution is -2.31. The molecule has 1 atom stereocenters. The van der Waals surface area contributed by atoms with E-state index in [0.29, 0.717) is 27.9 Å². The van der Waals surface area contributed by atoms with Crippen molar-refractivity contribution in [3.05, 3.63) is 77.0 Å². The first-order valence-corrected chi connectivity index (χ1v) is 8.36. The lowest BCUT2D eigenvalue weighted by atomic mass is 9.95. The molecular formula is C18H15ClN6O. The fourth-order valence-corrected chi connectivity index (χ4v) is 3.24. The molecule has 0 radical (unpaired) electrons. The molecule has 3 aromatic rings. The van der Waals surface area contributed by atoms with Crippen LogP contribution in [0.5, 0.6) is 0 Å². The van der Waals surface area contributed by atoms with Gasteiger partial charge in [-0.15, -0.1) is 0 Å². The Bertz CT molecular complexity index is 998. The standard InChI is InChI=1S/C18H15ClN6O/c1-11-15(17(26)24-12-5-4-8-20-9-12)16(13-6-2-3-7-14(13)19)25-18(23-11)21-10-22-25/h2-10,16H,1H3,(H,24,26)(H,21,22,23)/t16-/m0/s1. The number of amides is 1. The number of fused-ring (bicyclic) bond motifs is 1. The van der Waals surface area contributed by atoms with Crippen LogP contribution in [0.3, 0.4) is 0 Å². The Kier molecular flexibility index (Phi) is 4.14. The first-order valence-electron chi connectivity index (χ1n) is 7.98. The van der Waals surface area contributed by atoms with Crippen molar-refractivity contribution in [3.8, 4) is 0 Å². The van der Waals surface area contributed by atoms with Crippen LogP contribution in [0.1, 0.15) is 18.5 Å². The molecule has 3 heterocycles. The minimum absolute atomic E-state index is 0.255. The van der Waals surface area contributed by atoms with Crippen molar-refractivity contribution in [1.29, 1.82) is 0 Å². The highest BCUT2D eigenvalue weighted by Crippen LogP contribution is 2.37. The second-order valence-electron chi connectivity index (χ2n) is 5.81. The number of hydrogen-bond donors (Lipinski definition) is 2. The van der Waals surface area contributed by atoms with E-state index in [1.807, 2.05) is 25.1 Å². The van der Waals surface area contributed by atoms with Gasteiger partial charge in [-0.25, -0.2) is 4.68 Å². The minimum atomic E-state index is -0.487. The third-order valence-corrected chi connectivity index (χ3v) is 4.50. The summed E-state index contributed by atoms with van der Waals surface area (Å²) < 4.78 is 1.66. The zero-order valence-corrected chi connectivity index (χ0v) is 14.6. The van der Waals surface area contributed by atoms with Crippen LogP contribution in [0.4, 0.5) is 11.6 Å². The summed E-state index contributed by atoms with van der Waals surface area (Å²) in [6, 6.07) is 10.5. The van der Waals surface area contributed by atoms with Crippen molar-refractivity contribution in [3.63, 3.8) is 0 Å². The van der Waals surface area contributed by atoms with Crippen molar-refractivity contribution in [2.45, 2.75) is 13.0 Å². The number of hydrogen-bond acceptors (Lipinski definition) is 5. The number of nitrogens with one attached hydrogen (secondary N) is 2. The predicted octanol–water partition coefficient (Wildman–Crippen LogP) is 3.25. The van der Waals surface area contributed by atoms with Crippen molar-refractivity contribution in [2.24, 2.45) is 0 Å². The molecule has 0 unspecified atom stereocenters. The van der Waals surface area contributed by atoms with Gasteiger partial charge in [0.2, 0.25) is 5.95 Å². The molecule has 0 saturated carbocycles. The molecule has 1 aliphatic rings. The molecule has 0 fully saturated rings. The summed E-state index contributed by atoms with van der Waals surface area (Å²) in [7, 11) is 0. The third kappa shape index (κ3) is 2.82. The average Bonchev–Trinajstić information content (AvgIpc) is 3.10. The van der Waals surface area contributed by atoms with Gasteiger partial charge in [-0.1, -0.05) is 29.8 Å². The summed E-state index contributed by atoms with van der Waals surface area (Å²) in [5, 5.41) is 10.8. The number of pyridine rings is 1. The molecule has 130 valence electrons. The number of carbonyl (C=O) groups is 1. The summed E-state index contributed by atoms with van der Waals surface area (Å²) in [6.45, 7) is 1.83. The molecule has 7 nitrogen and oxygen atoms in total. The van der Waals surface area contributed by atoms with E-state index in [2.05, 4.69) is 25.7 Å². The van der Waals surface area contributed by atoms with Crippen LogP contribution in [0.25, 0.3) is 0 Å². The Morgan fingerprint density at radius 1 is 1.27 bits per heavy atom. The quantitative estimate of drug-likeness (QED) is 0.743. The van der Waals surface area contributed by atoms with Gasteiger partial charge < -0.3 is 10.6 Å². The summed E-state index contributed by atoms with van der Waals surface area (Å²) in [5.41, 5.74) is 2.59. The Labute approximate surface area is 154 Å². The van der Waals surface area contributed by atoms with E-state index in [0.717, 1.165) is 5.56 Å². The highest BCUT2D eigenvalue weighted by atomic mass is 35.5. The summed E-state index contributed by atoms with van der Waals surface area (Å²) >= 11 is 6.42. The summed E-state index contributed by atoms with van der Waals surface area (Å²) in [5.74, 6) is 0.305. The molecule has 0 bridgehead atoms. The monoisotopic (exact) mass is 366 g/mol. The van der Waals surface area contributed by atoms with Crippen LogP contribution >= 0.6 is 11.6 Å². The van der Waals surface area contributed by atoms with Gasteiger partial charge in [0, 0.05) is 22.5 Å². The molecule has 1 amide bonds. The molecule has 1 aromatic carbocycles. The lowest BCUT2D eigenvalue weighted by Gasteiger charge is -2.29. The van der Waals surface area contributed by atoms with Gasteiger partial charge >= 0.3 is 0 Å². The van der Waals surface area contributed by atoms with E-state index >= 15 is 0 Å². The summed E-state index contributed by atoms with van der Waals surface area (Å²) in [6.07, 6.45) is 4.69. The number of nitrogens with zero attached hydrogens (tertiary/aromatic N) is 4. The fourth-order valence-electron chi connectivity index (χ4n) is 3.00. The molecule has 0 saturated heterocycles. The third-order valence-electron chi connectivity index (χ3n) is 4.16. The Morgan fingerprint density at radius 2 is 2.12 bits per heavy atom. The second-order valence-corrected chi connectivity index (χ2v) is 6.22. The van der Waals surface area contributed by atoms with E-state index in [-0.39, 0.29) is 5.91 Å². The smallest absolute Gasteiger partial charge is 0.255 e. The number of halogens is 1. The molecule has 26 heavy (non-hydrogen) atoms. The number of allylic oxidation sites excluding steroid dienone is 1. The van der Waals surface area contributed by atoms with Gasteiger partial charge in [-0.05, 0) is 25.1 Å². The van der Waals surface area contributed by atoms with Gasteiger partial charge in [0.1, 0.15) is 12.4 Å². The van der Waals surface area contributed by atoms with Crippen molar-refractivity contribution >= 4 is 29.1 Å². The van der Waals surface area contributed by atoms with E-state index in [9.17, 15) is 4.79 Å². The van der Waals surface area contributed by atoms with Crippen LogP contribution in [0, 0.1) is 0 Å². The predicted molar refractivity (Wildman–Crippen MR) is 98.8 cm³/mol. The molecule has 2 N–H and O–H groups in total. The number of rotatable bonds is 3. The van der Waals surface area contributed by atoms with Crippen molar-refractivity contribution in [1.82, 2.24) is 19.7 Å². The topological polar surface area (TPSA) is 84.7 Å². The molecule has 4 rings (SSSR count). The maximum absolute atomic E-state index is 13.1. The highest BCUT2D eigenvalue weighted by molar-refractivity contribution is 6.31. The maximum atomic E-state index is 13.1. The van der Waals surface area contributed by atoms with Gasteiger partial charge in [-0.2, -0.15) is 10.1 Å². The first-order chi connectivity index (χ1) is 12.6. The van der Waals surface area contributed by atoms with Gasteiger partial charge in [0.25, 0.3) is 5.91 Å². The van der Waals surface area contributed by atoms with Crippen molar-refractivity contribution in [2.75, 3.05) is 10.6 Å². The Hall–Kier alpha value is -3.19. The van der Waals surface area contributed by atoms with E-state index < -0.39 is 6.04 Å². The second kappa shape index (κ2) is 6.61. The molecule has 0 aliphatic carbocycles. The number of carbonyl (C=O) groups excluding carboxylic acids is 1. The first kappa shape index (κ1) is 16.3. The number of anilines is 2. The average molecular weight is 367 g/mol. The molecule has 2 aromatic heterocycles. The maximum Gasteiger partial charge on any atom is 0.255 e. The van der Waals surface area contributed by atoms with Gasteiger partial charge in [0.15, 0.2) is 0 Å². The zero-order valence-electron chi connectivity index (χ0n) is 13.8. The van der Waals surface area contributed by atoms with E-state index in [1.165, 1.54) is 6.33 Å². The van der Waals surface area contributed by atoms with Crippen LogP contribution in [-0.2, 0) is 4.79 Å². The SMILES string of the molecule is CC1=C(C(=O)Nc2cccnc2)[C@H](c2ccccc2Cl)n2ncnc2N1. The Balaban J connectivity index is 1.80. The number of aromatic nitrogens is 4. The van der Waals surface area contributed by atoms with Crippen LogP contribution in [0.15, 0.2) is 66.4 Å². The fraction of sp³-hybridized carbons (Fsp3) is 0.111. The van der Waals surface area contributed by atoms with E-state index in [4.69, 9.17) is 11.6 Å². The van der Waals surface area contributed by atoms with Crippen LogP contribution in [-0.4, -0.2) is 25.7 Å². The zero-order chi connectivity index (χ0) is 18.1. The minimum Gasteiger partial charge on any atom is -0.328 e. The van der Waals surface area contributed by atoms with Gasteiger partial charge in [-0.3, -0.25) is 9.78 Å². The normalized spacial score (nSPS) is 16.0. The molecular weight excluding hydrogens is 352 g/mol. The molecule has 1 aliphatic heterocycles. The molecule has 0 spiro atoms. The molecule has 8 heteroatoms. The van der Waals surface area contributed by atoms with E-state index in [1.54, 1.807) is 35.3 Å². The highest BCUT2D eigenvalue weighted by Gasteiger charge is 2.34. The van der Waals surface area contributed by atoms with Crippen LogP contribution < -0.4 is 10.6 Å². The van der Waals surface area contributed by atoms with Crippen molar-refractivity contribution < 1.29 is 4.79 Å².